The molecule has 0 saturated heterocycles. The molecule has 1 aromatic carbocycles. The van der Waals surface area contributed by atoms with Crippen molar-refractivity contribution >= 4 is 12.2 Å². The Kier molecular flexibility index (Phi) is 3.89. The Labute approximate surface area is 115 Å². The summed E-state index contributed by atoms with van der Waals surface area (Å²) in [5.41, 5.74) is -1.12. The lowest BCUT2D eigenvalue weighted by molar-refractivity contribution is 0.375. The summed E-state index contributed by atoms with van der Waals surface area (Å²) < 4.78 is 67.3. The maximum Gasteiger partial charge on any atom is 0.200 e. The summed E-state index contributed by atoms with van der Waals surface area (Å²) in [6, 6.07) is 0. The van der Waals surface area contributed by atoms with Crippen LogP contribution >= 0.6 is 12.2 Å². The van der Waals surface area contributed by atoms with Crippen molar-refractivity contribution in [2.24, 2.45) is 0 Å². The van der Waals surface area contributed by atoms with Gasteiger partial charge >= 0.3 is 0 Å². The molecule has 1 aromatic heterocycles. The highest BCUT2D eigenvalue weighted by atomic mass is 32.1. The van der Waals surface area contributed by atoms with Crippen LogP contribution in [0.1, 0.15) is 19.2 Å². The second kappa shape index (κ2) is 5.31. The Morgan fingerprint density at radius 2 is 1.50 bits per heavy atom. The van der Waals surface area contributed by atoms with Gasteiger partial charge in [-0.25, -0.2) is 22.0 Å². The number of nitrogens with zero attached hydrogens (tertiary/aromatic N) is 2. The van der Waals surface area contributed by atoms with Crippen LogP contribution in [-0.4, -0.2) is 14.8 Å². The van der Waals surface area contributed by atoms with Gasteiger partial charge in [0.1, 0.15) is 11.5 Å². The molecule has 0 saturated carbocycles. The fourth-order valence-corrected chi connectivity index (χ4v) is 1.98. The van der Waals surface area contributed by atoms with Gasteiger partial charge in [0.2, 0.25) is 5.82 Å². The van der Waals surface area contributed by atoms with Crippen molar-refractivity contribution in [2.45, 2.75) is 19.8 Å². The molecular weight excluding hydrogens is 301 g/mol. The standard InChI is InChI=1S/C11H8F5N3S/c1-2-3-4-17-18-11(20)19(4)10-8(15)6(13)5(12)7(14)9(10)16/h2-3H2,1H3,(H,18,20). The van der Waals surface area contributed by atoms with E-state index in [0.717, 1.165) is 4.57 Å². The molecule has 0 aliphatic rings. The van der Waals surface area contributed by atoms with E-state index in [1.165, 1.54) is 0 Å². The second-order valence-corrected chi connectivity index (χ2v) is 4.34. The smallest absolute Gasteiger partial charge is 0.200 e. The van der Waals surface area contributed by atoms with Crippen LogP contribution < -0.4 is 0 Å². The van der Waals surface area contributed by atoms with Crippen molar-refractivity contribution in [3.63, 3.8) is 0 Å². The van der Waals surface area contributed by atoms with Gasteiger partial charge in [-0.1, -0.05) is 6.92 Å². The van der Waals surface area contributed by atoms with E-state index in [2.05, 4.69) is 10.2 Å². The van der Waals surface area contributed by atoms with Crippen LogP contribution in [0.5, 0.6) is 0 Å². The first-order valence-corrected chi connectivity index (χ1v) is 5.99. The first-order chi connectivity index (χ1) is 9.40. The number of halogens is 5. The molecule has 0 fully saturated rings. The van der Waals surface area contributed by atoms with E-state index in [0.29, 0.717) is 6.42 Å². The molecule has 0 amide bonds. The first-order valence-electron chi connectivity index (χ1n) is 5.58. The van der Waals surface area contributed by atoms with Crippen LogP contribution in [0.4, 0.5) is 22.0 Å². The molecule has 2 aromatic rings. The van der Waals surface area contributed by atoms with Crippen molar-refractivity contribution in [2.75, 3.05) is 0 Å². The van der Waals surface area contributed by atoms with Gasteiger partial charge in [0, 0.05) is 6.42 Å². The predicted molar refractivity (Wildman–Crippen MR) is 62.5 cm³/mol. The van der Waals surface area contributed by atoms with Gasteiger partial charge < -0.3 is 0 Å². The molecule has 0 aliphatic heterocycles. The number of aromatic amines is 1. The van der Waals surface area contributed by atoms with E-state index in [9.17, 15) is 22.0 Å². The Morgan fingerprint density at radius 3 is 2.00 bits per heavy atom. The van der Waals surface area contributed by atoms with E-state index < -0.39 is 34.8 Å². The van der Waals surface area contributed by atoms with Gasteiger partial charge in [-0.05, 0) is 18.6 Å². The molecule has 9 heteroatoms. The van der Waals surface area contributed by atoms with Gasteiger partial charge in [0.15, 0.2) is 28.0 Å². The van der Waals surface area contributed by atoms with Crippen LogP contribution in [0.25, 0.3) is 5.69 Å². The molecule has 1 heterocycles. The number of nitrogens with one attached hydrogen (secondary N) is 1. The van der Waals surface area contributed by atoms with Crippen molar-refractivity contribution in [3.05, 3.63) is 39.7 Å². The molecule has 20 heavy (non-hydrogen) atoms. The van der Waals surface area contributed by atoms with Crippen molar-refractivity contribution < 1.29 is 22.0 Å². The van der Waals surface area contributed by atoms with Gasteiger partial charge in [0.05, 0.1) is 0 Å². The SMILES string of the molecule is CCCc1n[nH]c(=S)n1-c1c(F)c(F)c(F)c(F)c1F. The first kappa shape index (κ1) is 14.6. The molecule has 0 aliphatic carbocycles. The second-order valence-electron chi connectivity index (χ2n) is 3.95. The van der Waals surface area contributed by atoms with E-state index in [4.69, 9.17) is 12.2 Å². The van der Waals surface area contributed by atoms with Gasteiger partial charge in [-0.2, -0.15) is 5.10 Å². The highest BCUT2D eigenvalue weighted by molar-refractivity contribution is 7.71. The number of hydrogen-bond acceptors (Lipinski definition) is 2. The number of hydrogen-bond donors (Lipinski definition) is 1. The number of benzene rings is 1. The molecule has 0 atom stereocenters. The summed E-state index contributed by atoms with van der Waals surface area (Å²) >= 11 is 4.78. The minimum absolute atomic E-state index is 0.0840. The maximum atomic E-state index is 13.7. The zero-order valence-electron chi connectivity index (χ0n) is 10.1. The van der Waals surface area contributed by atoms with E-state index >= 15 is 0 Å². The monoisotopic (exact) mass is 309 g/mol. The summed E-state index contributed by atoms with van der Waals surface area (Å²) in [7, 11) is 0. The summed E-state index contributed by atoms with van der Waals surface area (Å²) in [6.45, 7) is 1.76. The molecule has 2 rings (SSSR count). The zero-order valence-corrected chi connectivity index (χ0v) is 10.9. The Hall–Kier alpha value is -1.77. The average Bonchev–Trinajstić information content (AvgIpc) is 2.77. The summed E-state index contributed by atoms with van der Waals surface area (Å²) in [5, 5.41) is 5.99. The normalized spacial score (nSPS) is 11.1. The Balaban J connectivity index is 2.84. The summed E-state index contributed by atoms with van der Waals surface area (Å²) in [6.07, 6.45) is 0.807. The average molecular weight is 309 g/mol. The molecule has 3 nitrogen and oxygen atoms in total. The summed E-state index contributed by atoms with van der Waals surface area (Å²) in [5.74, 6) is -10.1. The van der Waals surface area contributed by atoms with Gasteiger partial charge in [-0.3, -0.25) is 9.67 Å². The molecule has 0 unspecified atom stereocenters. The quantitative estimate of drug-likeness (QED) is 0.407. The predicted octanol–water partition coefficient (Wildman–Crippen LogP) is 3.58. The van der Waals surface area contributed by atoms with Crippen LogP contribution in [0.15, 0.2) is 0 Å². The highest BCUT2D eigenvalue weighted by Crippen LogP contribution is 2.27. The highest BCUT2D eigenvalue weighted by Gasteiger charge is 2.28. The molecule has 1 N–H and O–H groups in total. The van der Waals surface area contributed by atoms with E-state index in [-0.39, 0.29) is 17.0 Å². The van der Waals surface area contributed by atoms with Crippen LogP contribution in [-0.2, 0) is 6.42 Å². The van der Waals surface area contributed by atoms with Crippen LogP contribution in [0.2, 0.25) is 0 Å². The molecule has 0 bridgehead atoms. The number of aryl methyl sites for hydroxylation is 1. The Bertz CT molecular complexity index is 693. The third kappa shape index (κ3) is 2.11. The molecular formula is C11H8F5N3S. The third-order valence-electron chi connectivity index (χ3n) is 2.63. The lowest BCUT2D eigenvalue weighted by Crippen LogP contribution is -2.12. The maximum absolute atomic E-state index is 13.7. The van der Waals surface area contributed by atoms with Crippen molar-refractivity contribution in [1.82, 2.24) is 14.8 Å². The third-order valence-corrected chi connectivity index (χ3v) is 2.90. The number of H-pyrrole nitrogens is 1. The van der Waals surface area contributed by atoms with Gasteiger partial charge in [-0.15, -0.1) is 0 Å². The topological polar surface area (TPSA) is 33.6 Å². The van der Waals surface area contributed by atoms with Crippen molar-refractivity contribution in [1.29, 1.82) is 0 Å². The number of aromatic nitrogens is 3. The summed E-state index contributed by atoms with van der Waals surface area (Å²) in [4.78, 5) is 0. The molecule has 108 valence electrons. The molecule has 0 radical (unpaired) electrons. The van der Waals surface area contributed by atoms with E-state index in [1.807, 2.05) is 0 Å². The molecule has 0 spiro atoms. The minimum Gasteiger partial charge on any atom is -0.266 e. The van der Waals surface area contributed by atoms with Crippen LogP contribution in [0, 0.1) is 33.9 Å². The van der Waals surface area contributed by atoms with E-state index in [1.54, 1.807) is 6.92 Å². The zero-order chi connectivity index (χ0) is 15.0. The lowest BCUT2D eigenvalue weighted by atomic mass is 10.2. The number of rotatable bonds is 3. The lowest BCUT2D eigenvalue weighted by Gasteiger charge is -2.10. The minimum atomic E-state index is -2.21. The Morgan fingerprint density at radius 1 is 1.00 bits per heavy atom. The van der Waals surface area contributed by atoms with Gasteiger partial charge in [0.25, 0.3) is 0 Å². The van der Waals surface area contributed by atoms with Crippen LogP contribution in [0.3, 0.4) is 0 Å². The largest absolute Gasteiger partial charge is 0.266 e. The van der Waals surface area contributed by atoms with Crippen molar-refractivity contribution in [3.8, 4) is 5.69 Å². The fraction of sp³-hybridized carbons (Fsp3) is 0.273. The fourth-order valence-electron chi connectivity index (χ4n) is 1.74.